The van der Waals surface area contributed by atoms with Gasteiger partial charge in [-0.05, 0) is 41.7 Å². The fraction of sp³-hybridized carbons (Fsp3) is 0.429. The van der Waals surface area contributed by atoms with Crippen molar-refractivity contribution in [3.8, 4) is 0 Å². The third-order valence-corrected chi connectivity index (χ3v) is 10.1. The molecule has 0 heterocycles. The van der Waals surface area contributed by atoms with Gasteiger partial charge in [-0.2, -0.15) is 4.31 Å². The van der Waals surface area contributed by atoms with Crippen LogP contribution in [-0.4, -0.2) is 84.6 Å². The first-order valence-corrected chi connectivity index (χ1v) is 17.3. The Bertz CT molecular complexity index is 1510. The van der Waals surface area contributed by atoms with E-state index in [2.05, 4.69) is 0 Å². The van der Waals surface area contributed by atoms with Crippen LogP contribution in [0, 0.1) is 0 Å². The number of carbonyl (C=O) groups excluding carboxylic acids is 2. The van der Waals surface area contributed by atoms with E-state index in [0.29, 0.717) is 29.5 Å². The molecule has 0 aromatic heterocycles. The predicted molar refractivity (Wildman–Crippen MR) is 178 cm³/mol. The van der Waals surface area contributed by atoms with Crippen molar-refractivity contribution in [2.24, 2.45) is 5.73 Å². The number of alkyl halides is 2. The first-order chi connectivity index (χ1) is 22.9. The van der Waals surface area contributed by atoms with Crippen molar-refractivity contribution in [3.63, 3.8) is 0 Å². The van der Waals surface area contributed by atoms with E-state index in [1.54, 1.807) is 60.7 Å². The molecule has 0 aliphatic carbocycles. The molecule has 10 nitrogen and oxygen atoms in total. The van der Waals surface area contributed by atoms with E-state index in [0.717, 1.165) is 17.8 Å². The fourth-order valence-corrected chi connectivity index (χ4v) is 7.21. The molecule has 4 N–H and O–H groups in total. The molecule has 0 radical (unpaired) electrons. The van der Waals surface area contributed by atoms with E-state index in [4.69, 9.17) is 10.5 Å². The number of carbonyl (C=O) groups is 2. The Balaban J connectivity index is 1.85. The Hall–Kier alpha value is -3.75. The number of aliphatic hydroxyl groups is 2. The number of hydrogen-bond acceptors (Lipinski definition) is 8. The van der Waals surface area contributed by atoms with Crippen LogP contribution in [0.2, 0.25) is 0 Å². The van der Waals surface area contributed by atoms with Gasteiger partial charge in [-0.3, -0.25) is 4.79 Å². The van der Waals surface area contributed by atoms with Gasteiger partial charge in [0.1, 0.15) is 0 Å². The Morgan fingerprint density at radius 3 is 1.96 bits per heavy atom. The number of nitrogens with zero attached hydrogens (tertiary/aromatic N) is 2. The summed E-state index contributed by atoms with van der Waals surface area (Å²) in [5, 5.41) is 19.6. The highest BCUT2D eigenvalue weighted by atomic mass is 32.2. The van der Waals surface area contributed by atoms with Crippen LogP contribution in [0.25, 0.3) is 0 Å². The standard InChI is InChI=1S/C35H45F2N3O7S/c1-3-4-11-22-40(48(45,46)30-18-16-26(23-41)17-19-30)29(24-42)20-21-35(36,37)25-39(34(44)47-2)33(43)32(38)31(27-12-7-5-8-13-27)28-14-9-6-10-15-28/h5-10,12-19,29,31-32,41-42H,3-4,11,20-25,38H2,1-2H3/t29-,32-/m0/s1. The quantitative estimate of drug-likeness (QED) is 0.160. The minimum Gasteiger partial charge on any atom is -0.452 e. The van der Waals surface area contributed by atoms with Gasteiger partial charge in [0.15, 0.2) is 0 Å². The number of sulfonamides is 1. The number of ether oxygens (including phenoxy) is 1. The summed E-state index contributed by atoms with van der Waals surface area (Å²) in [6.45, 7) is -0.484. The topological polar surface area (TPSA) is 150 Å². The molecule has 0 aliphatic rings. The number of methoxy groups -OCH3 is 1. The molecular formula is C35H45F2N3O7S. The van der Waals surface area contributed by atoms with Gasteiger partial charge in [0, 0.05) is 24.9 Å². The number of rotatable bonds is 18. The summed E-state index contributed by atoms with van der Waals surface area (Å²) in [5.74, 6) is -5.55. The highest BCUT2D eigenvalue weighted by molar-refractivity contribution is 7.89. The first-order valence-electron chi connectivity index (χ1n) is 15.8. The van der Waals surface area contributed by atoms with Crippen LogP contribution >= 0.6 is 0 Å². The molecular weight excluding hydrogens is 644 g/mol. The number of nitrogens with two attached hydrogens (primary N) is 1. The lowest BCUT2D eigenvalue weighted by molar-refractivity contribution is -0.136. The Labute approximate surface area is 281 Å². The zero-order valence-electron chi connectivity index (χ0n) is 27.3. The number of amides is 2. The molecule has 0 fully saturated rings. The molecule has 0 bridgehead atoms. The average Bonchev–Trinajstić information content (AvgIpc) is 3.10. The Morgan fingerprint density at radius 1 is 0.917 bits per heavy atom. The Morgan fingerprint density at radius 2 is 1.48 bits per heavy atom. The van der Waals surface area contributed by atoms with Crippen molar-refractivity contribution in [2.45, 2.75) is 74.5 Å². The summed E-state index contributed by atoms with van der Waals surface area (Å²) < 4.78 is 64.4. The van der Waals surface area contributed by atoms with E-state index < -0.39 is 71.9 Å². The lowest BCUT2D eigenvalue weighted by Crippen LogP contribution is -2.53. The van der Waals surface area contributed by atoms with E-state index in [1.807, 2.05) is 6.92 Å². The van der Waals surface area contributed by atoms with Gasteiger partial charge in [-0.15, -0.1) is 0 Å². The van der Waals surface area contributed by atoms with Crippen LogP contribution < -0.4 is 5.73 Å². The minimum atomic E-state index is -4.22. The molecule has 3 rings (SSSR count). The van der Waals surface area contributed by atoms with Crippen LogP contribution in [0.3, 0.4) is 0 Å². The zero-order chi connectivity index (χ0) is 35.3. The number of hydrogen-bond donors (Lipinski definition) is 3. The van der Waals surface area contributed by atoms with Gasteiger partial charge in [0.05, 0.1) is 37.8 Å². The summed E-state index contributed by atoms with van der Waals surface area (Å²) in [6.07, 6.45) is -0.871. The SMILES string of the molecule is CCCCCN([C@H](CO)CCC(F)(F)CN(C(=O)OC)C(=O)[C@@H](N)C(c1ccccc1)c1ccccc1)S(=O)(=O)c1ccc(CO)cc1. The monoisotopic (exact) mass is 689 g/mol. The molecule has 0 saturated carbocycles. The van der Waals surface area contributed by atoms with Crippen molar-refractivity contribution in [3.05, 3.63) is 102 Å². The molecule has 0 spiro atoms. The van der Waals surface area contributed by atoms with Crippen LogP contribution in [0.15, 0.2) is 89.8 Å². The van der Waals surface area contributed by atoms with Crippen LogP contribution in [0.5, 0.6) is 0 Å². The second kappa shape index (κ2) is 18.1. The zero-order valence-corrected chi connectivity index (χ0v) is 28.1. The van der Waals surface area contributed by atoms with Crippen LogP contribution in [-0.2, 0) is 26.2 Å². The fourth-order valence-electron chi connectivity index (χ4n) is 5.53. The van der Waals surface area contributed by atoms with Gasteiger partial charge in [-0.25, -0.2) is 26.9 Å². The summed E-state index contributed by atoms with van der Waals surface area (Å²) >= 11 is 0. The highest BCUT2D eigenvalue weighted by Crippen LogP contribution is 2.31. The summed E-state index contributed by atoms with van der Waals surface area (Å²) in [7, 11) is -3.26. The minimum absolute atomic E-state index is 0.0172. The number of benzene rings is 3. The van der Waals surface area contributed by atoms with Crippen molar-refractivity contribution < 1.29 is 41.7 Å². The van der Waals surface area contributed by atoms with Crippen molar-refractivity contribution >= 4 is 22.0 Å². The summed E-state index contributed by atoms with van der Waals surface area (Å²) in [4.78, 5) is 26.7. The highest BCUT2D eigenvalue weighted by Gasteiger charge is 2.42. The van der Waals surface area contributed by atoms with Crippen molar-refractivity contribution in [1.82, 2.24) is 9.21 Å². The molecule has 2 atom stereocenters. The maximum Gasteiger partial charge on any atom is 0.416 e. The van der Waals surface area contributed by atoms with Gasteiger partial charge in [0.2, 0.25) is 15.9 Å². The van der Waals surface area contributed by atoms with E-state index in [9.17, 15) is 28.2 Å². The first kappa shape index (κ1) is 38.7. The van der Waals surface area contributed by atoms with Gasteiger partial charge < -0.3 is 20.7 Å². The second-order valence-electron chi connectivity index (χ2n) is 11.6. The average molecular weight is 690 g/mol. The molecule has 0 unspecified atom stereocenters. The lowest BCUT2D eigenvalue weighted by Gasteiger charge is -2.33. The van der Waals surface area contributed by atoms with Gasteiger partial charge >= 0.3 is 6.09 Å². The third kappa shape index (κ3) is 10.1. The van der Waals surface area contributed by atoms with Gasteiger partial charge in [0.25, 0.3) is 5.92 Å². The maximum atomic E-state index is 15.7. The molecule has 3 aromatic carbocycles. The second-order valence-corrected chi connectivity index (χ2v) is 13.5. The van der Waals surface area contributed by atoms with E-state index in [1.165, 1.54) is 24.3 Å². The van der Waals surface area contributed by atoms with Crippen molar-refractivity contribution in [1.29, 1.82) is 0 Å². The molecule has 0 saturated heterocycles. The molecule has 262 valence electrons. The lowest BCUT2D eigenvalue weighted by atomic mass is 9.85. The third-order valence-electron chi connectivity index (χ3n) is 8.17. The van der Waals surface area contributed by atoms with E-state index in [-0.39, 0.29) is 22.9 Å². The van der Waals surface area contributed by atoms with E-state index >= 15 is 8.78 Å². The number of halogens is 2. The van der Waals surface area contributed by atoms with Gasteiger partial charge in [-0.1, -0.05) is 92.6 Å². The number of imide groups is 1. The Kier molecular flexibility index (Phi) is 14.6. The number of unbranched alkanes of at least 4 members (excludes halogenated alkanes) is 2. The largest absolute Gasteiger partial charge is 0.452 e. The molecule has 13 heteroatoms. The molecule has 2 amide bonds. The van der Waals surface area contributed by atoms with Crippen molar-refractivity contribution in [2.75, 3.05) is 26.8 Å². The summed E-state index contributed by atoms with van der Waals surface area (Å²) in [5.41, 5.74) is 8.21. The molecule has 3 aromatic rings. The van der Waals surface area contributed by atoms with Crippen LogP contribution in [0.4, 0.5) is 13.6 Å². The number of aliphatic hydroxyl groups excluding tert-OH is 2. The summed E-state index contributed by atoms with van der Waals surface area (Å²) in [6, 6.07) is 20.4. The molecule has 48 heavy (non-hydrogen) atoms. The smallest absolute Gasteiger partial charge is 0.416 e. The maximum absolute atomic E-state index is 15.7. The predicted octanol–water partition coefficient (Wildman–Crippen LogP) is 4.89. The molecule has 0 aliphatic heterocycles. The normalized spacial score (nSPS) is 13.4. The van der Waals surface area contributed by atoms with Crippen LogP contribution in [0.1, 0.15) is 61.6 Å².